The Hall–Kier alpha value is -1.64. The first-order valence-electron chi connectivity index (χ1n) is 10.3. The lowest BCUT2D eigenvalue weighted by molar-refractivity contribution is -0.164. The maximum Gasteiger partial charge on any atom is 0.351 e. The van der Waals surface area contributed by atoms with E-state index in [1.54, 1.807) is 0 Å². The number of nitrogens with two attached hydrogens (primary N) is 1. The highest BCUT2D eigenvalue weighted by Crippen LogP contribution is 2.33. The van der Waals surface area contributed by atoms with Crippen LogP contribution >= 0.6 is 0 Å². The van der Waals surface area contributed by atoms with Crippen molar-refractivity contribution in [3.05, 3.63) is 22.7 Å². The molecule has 2 atom stereocenters. The number of aromatic nitrogens is 2. The number of rotatable bonds is 8. The van der Waals surface area contributed by atoms with Crippen molar-refractivity contribution >= 4 is 11.8 Å². The van der Waals surface area contributed by atoms with Crippen molar-refractivity contribution in [1.29, 1.82) is 0 Å². The molecule has 1 saturated carbocycles. The number of nitrogen functional groups attached to an aromatic ring is 1. The first-order valence-corrected chi connectivity index (χ1v) is 10.3. The molecule has 8 nitrogen and oxygen atoms in total. The Morgan fingerprint density at radius 3 is 2.70 bits per heavy atom. The zero-order chi connectivity index (χ0) is 19.9. The van der Waals surface area contributed by atoms with Crippen LogP contribution in [0, 0.1) is 11.8 Å². The maximum absolute atomic E-state index is 12.4. The van der Waals surface area contributed by atoms with Gasteiger partial charge in [-0.25, -0.2) is 4.79 Å². The fourth-order valence-electron chi connectivity index (χ4n) is 3.96. The van der Waals surface area contributed by atoms with E-state index in [1.807, 2.05) is 0 Å². The monoisotopic (exact) mass is 444 g/mol. The first kappa shape index (κ1) is 26.4. The van der Waals surface area contributed by atoms with Gasteiger partial charge < -0.3 is 32.4 Å². The van der Waals surface area contributed by atoms with E-state index in [9.17, 15) is 9.59 Å². The summed E-state index contributed by atoms with van der Waals surface area (Å²) in [6, 6.07) is 1.52. The molecule has 0 unspecified atom stereocenters. The second kappa shape index (κ2) is 12.9. The van der Waals surface area contributed by atoms with Crippen molar-refractivity contribution in [3.63, 3.8) is 0 Å². The maximum atomic E-state index is 12.4. The van der Waals surface area contributed by atoms with Crippen LogP contribution in [0.15, 0.2) is 17.1 Å². The number of ether oxygens (including phenoxy) is 3. The van der Waals surface area contributed by atoms with Gasteiger partial charge >= 0.3 is 11.7 Å². The third kappa shape index (κ3) is 7.25. The number of carbonyl (C=O) groups excluding carboxylic acids is 1. The number of hydrogen-bond acceptors (Lipinski definition) is 7. The van der Waals surface area contributed by atoms with Crippen molar-refractivity contribution in [2.75, 3.05) is 18.9 Å². The average molecular weight is 445 g/mol. The second-order valence-electron chi connectivity index (χ2n) is 7.74. The van der Waals surface area contributed by atoms with Crippen LogP contribution in [0.2, 0.25) is 0 Å². The normalized spacial score (nSPS) is 25.8. The summed E-state index contributed by atoms with van der Waals surface area (Å²) in [4.78, 5) is 27.9. The fraction of sp³-hybridized carbons (Fsp3) is 0.762. The first-order chi connectivity index (χ1) is 13.6. The summed E-state index contributed by atoms with van der Waals surface area (Å²) in [6.07, 6.45) is 9.37. The number of anilines is 1. The van der Waals surface area contributed by atoms with Gasteiger partial charge in [-0.1, -0.05) is 40.0 Å². The second-order valence-corrected chi connectivity index (χ2v) is 7.74. The van der Waals surface area contributed by atoms with Gasteiger partial charge in [0.05, 0.1) is 12.5 Å². The van der Waals surface area contributed by atoms with Crippen LogP contribution in [-0.2, 0) is 19.0 Å². The lowest BCUT2D eigenvalue weighted by Gasteiger charge is -2.27. The number of halogens is 1. The molecule has 3 rings (SSSR count). The molecule has 2 aliphatic rings. The molecule has 1 aliphatic carbocycles. The van der Waals surface area contributed by atoms with E-state index < -0.39 is 18.2 Å². The number of hydrogen-bond donors (Lipinski definition) is 1. The minimum absolute atomic E-state index is 0. The van der Waals surface area contributed by atoms with Crippen LogP contribution in [0.3, 0.4) is 0 Å². The minimum atomic E-state index is -0.677. The Balaban J connectivity index is 0.00000225. The van der Waals surface area contributed by atoms with Gasteiger partial charge in [-0.15, -0.1) is 0 Å². The van der Waals surface area contributed by atoms with Crippen molar-refractivity contribution in [2.45, 2.75) is 78.2 Å². The summed E-state index contributed by atoms with van der Waals surface area (Å²) in [5.41, 5.74) is 4.99. The molecule has 9 heteroatoms. The third-order valence-corrected chi connectivity index (χ3v) is 5.65. The Labute approximate surface area is 184 Å². The molecular formula is C21H35ClN3O5-. The Kier molecular flexibility index (Phi) is 11.4. The molecule has 30 heavy (non-hydrogen) atoms. The molecule has 2 N–H and O–H groups in total. The predicted molar refractivity (Wildman–Crippen MR) is 110 cm³/mol. The van der Waals surface area contributed by atoms with Gasteiger partial charge in [-0.2, -0.15) is 4.98 Å². The van der Waals surface area contributed by atoms with Gasteiger partial charge in [-0.05, 0) is 37.7 Å². The smallest absolute Gasteiger partial charge is 0.351 e. The zero-order valence-electron chi connectivity index (χ0n) is 16.9. The predicted octanol–water partition coefficient (Wildman–Crippen LogP) is 0.267. The number of carbonyl (C=O) groups is 1. The van der Waals surface area contributed by atoms with Crippen LogP contribution in [0.1, 0.15) is 71.9 Å². The van der Waals surface area contributed by atoms with Crippen LogP contribution < -0.4 is 23.8 Å². The minimum Gasteiger partial charge on any atom is -1.00 e. The Morgan fingerprint density at radius 2 is 2.03 bits per heavy atom. The SMILES string of the molecule is C.CCCCCC1CCC(C(=O)OC[C@H]2OC[C@@H](n3ccc(N)nc3=O)O2)CC1.[Cl-]. The summed E-state index contributed by atoms with van der Waals surface area (Å²) in [6.45, 7) is 2.44. The van der Waals surface area contributed by atoms with E-state index >= 15 is 0 Å². The fourth-order valence-corrected chi connectivity index (χ4v) is 3.96. The van der Waals surface area contributed by atoms with Crippen molar-refractivity contribution < 1.29 is 31.4 Å². The third-order valence-electron chi connectivity index (χ3n) is 5.65. The molecular weight excluding hydrogens is 410 g/mol. The van der Waals surface area contributed by atoms with E-state index in [-0.39, 0.29) is 50.8 Å². The molecule has 1 aromatic rings. The van der Waals surface area contributed by atoms with Gasteiger partial charge in [0.25, 0.3) is 0 Å². The summed E-state index contributed by atoms with van der Waals surface area (Å²) in [7, 11) is 0. The van der Waals surface area contributed by atoms with Gasteiger partial charge in [0.15, 0.2) is 12.5 Å². The largest absolute Gasteiger partial charge is 1.00 e. The lowest BCUT2D eigenvalue weighted by Crippen LogP contribution is -3.00. The summed E-state index contributed by atoms with van der Waals surface area (Å²) >= 11 is 0. The van der Waals surface area contributed by atoms with Crippen molar-refractivity contribution in [3.8, 4) is 0 Å². The van der Waals surface area contributed by atoms with E-state index in [4.69, 9.17) is 19.9 Å². The van der Waals surface area contributed by atoms with E-state index in [0.717, 1.165) is 31.6 Å². The van der Waals surface area contributed by atoms with Gasteiger partial charge in [0.1, 0.15) is 12.4 Å². The van der Waals surface area contributed by atoms with Gasteiger partial charge in [0, 0.05) is 6.20 Å². The molecule has 0 aromatic carbocycles. The van der Waals surface area contributed by atoms with Crippen LogP contribution in [0.5, 0.6) is 0 Å². The van der Waals surface area contributed by atoms with Crippen LogP contribution in [0.4, 0.5) is 5.82 Å². The molecule has 0 bridgehead atoms. The molecule has 1 saturated heterocycles. The van der Waals surface area contributed by atoms with Crippen molar-refractivity contribution in [2.24, 2.45) is 11.8 Å². The number of esters is 1. The van der Waals surface area contributed by atoms with Gasteiger partial charge in [-0.3, -0.25) is 9.36 Å². The van der Waals surface area contributed by atoms with E-state index in [1.165, 1.54) is 42.5 Å². The molecule has 1 aliphatic heterocycles. The lowest BCUT2D eigenvalue weighted by atomic mass is 9.80. The van der Waals surface area contributed by atoms with Crippen molar-refractivity contribution in [1.82, 2.24) is 9.55 Å². The van der Waals surface area contributed by atoms with E-state index in [0.29, 0.717) is 0 Å². The molecule has 2 heterocycles. The topological polar surface area (TPSA) is 106 Å². The quantitative estimate of drug-likeness (QED) is 0.453. The van der Waals surface area contributed by atoms with Crippen LogP contribution in [-0.4, -0.2) is 35.0 Å². The summed E-state index contributed by atoms with van der Waals surface area (Å²) in [5, 5.41) is 0. The number of nitrogens with zero attached hydrogens (tertiary/aromatic N) is 2. The van der Waals surface area contributed by atoms with Crippen LogP contribution in [0.25, 0.3) is 0 Å². The molecule has 172 valence electrons. The molecule has 0 spiro atoms. The Morgan fingerprint density at radius 1 is 1.30 bits per heavy atom. The standard InChI is InChI=1S/C20H31N3O5.CH4.ClH/c1-2-3-4-5-14-6-8-15(9-7-14)19(24)27-13-18-26-12-17(28-18)23-11-10-16(21)22-20(23)25;;/h10-11,14-15,17-18H,2-9,12-13H2,1H3,(H2,21,22,25);1H4;1H/p-1/t14?,15?,17-,18-;;/m0../s1. The molecule has 1 aromatic heterocycles. The highest BCUT2D eigenvalue weighted by molar-refractivity contribution is 5.72. The summed E-state index contributed by atoms with van der Waals surface area (Å²) < 4.78 is 17.9. The highest BCUT2D eigenvalue weighted by Gasteiger charge is 2.31. The Bertz CT molecular complexity index is 706. The molecule has 2 fully saturated rings. The van der Waals surface area contributed by atoms with E-state index in [2.05, 4.69) is 11.9 Å². The van der Waals surface area contributed by atoms with Gasteiger partial charge in [0.2, 0.25) is 0 Å². The summed E-state index contributed by atoms with van der Waals surface area (Å²) in [5.74, 6) is 0.716. The number of unbranched alkanes of at least 4 members (excludes halogenated alkanes) is 2. The highest BCUT2D eigenvalue weighted by atomic mass is 35.5. The molecule has 0 amide bonds. The zero-order valence-corrected chi connectivity index (χ0v) is 17.7. The molecule has 0 radical (unpaired) electrons. The average Bonchev–Trinajstić information content (AvgIpc) is 3.15.